The molecule has 0 aliphatic carbocycles. The van der Waals surface area contributed by atoms with Crippen molar-refractivity contribution >= 4 is 23.2 Å². The van der Waals surface area contributed by atoms with E-state index >= 15 is 0 Å². The standard InChI is InChI=1S/C17H14N2O5/c1-24-14-8-6-12(7-9-14)18-16(20)10-15(17(18)21)11-2-4-13(5-3-11)19(22)23/h2-9,15H,10H2,1H3/t15-/m1/s1. The number of nitro benzene ring substituents is 1. The minimum atomic E-state index is -0.625. The van der Waals surface area contributed by atoms with Gasteiger partial charge in [-0.25, -0.2) is 0 Å². The van der Waals surface area contributed by atoms with Gasteiger partial charge in [0.2, 0.25) is 11.8 Å². The Morgan fingerprint density at radius 1 is 1.08 bits per heavy atom. The SMILES string of the molecule is COc1ccc(N2C(=O)C[C@H](c3ccc([N+](=O)[O-])cc3)C2=O)cc1. The molecule has 0 aromatic heterocycles. The second kappa shape index (κ2) is 6.11. The van der Waals surface area contributed by atoms with E-state index in [1.807, 2.05) is 0 Å². The molecule has 0 unspecified atom stereocenters. The van der Waals surface area contributed by atoms with E-state index < -0.39 is 10.8 Å². The van der Waals surface area contributed by atoms with Crippen LogP contribution in [0.4, 0.5) is 11.4 Å². The van der Waals surface area contributed by atoms with E-state index in [1.165, 1.54) is 31.4 Å². The molecule has 1 aliphatic rings. The monoisotopic (exact) mass is 326 g/mol. The molecule has 1 saturated heterocycles. The van der Waals surface area contributed by atoms with Gasteiger partial charge in [0.1, 0.15) is 5.75 Å². The van der Waals surface area contributed by atoms with E-state index in [9.17, 15) is 19.7 Å². The Balaban J connectivity index is 1.86. The summed E-state index contributed by atoms with van der Waals surface area (Å²) in [5.74, 6) is -0.627. The Morgan fingerprint density at radius 2 is 1.71 bits per heavy atom. The predicted octanol–water partition coefficient (Wildman–Crippen LogP) is 2.65. The van der Waals surface area contributed by atoms with Crippen LogP contribution in [0.2, 0.25) is 0 Å². The number of non-ortho nitro benzene ring substituents is 1. The summed E-state index contributed by atoms with van der Waals surface area (Å²) >= 11 is 0. The molecule has 122 valence electrons. The average molecular weight is 326 g/mol. The quantitative estimate of drug-likeness (QED) is 0.489. The number of hydrogen-bond acceptors (Lipinski definition) is 5. The summed E-state index contributed by atoms with van der Waals surface area (Å²) in [4.78, 5) is 36.2. The Labute approximate surface area is 137 Å². The van der Waals surface area contributed by atoms with Crippen molar-refractivity contribution in [1.82, 2.24) is 0 Å². The van der Waals surface area contributed by atoms with Gasteiger partial charge in [0.25, 0.3) is 5.69 Å². The van der Waals surface area contributed by atoms with E-state index in [0.29, 0.717) is 17.0 Å². The van der Waals surface area contributed by atoms with Gasteiger partial charge >= 0.3 is 0 Å². The largest absolute Gasteiger partial charge is 0.497 e. The molecule has 7 heteroatoms. The molecule has 0 saturated carbocycles. The molecular weight excluding hydrogens is 312 g/mol. The van der Waals surface area contributed by atoms with E-state index in [1.54, 1.807) is 24.3 Å². The highest BCUT2D eigenvalue weighted by Crippen LogP contribution is 2.34. The Bertz CT molecular complexity index is 799. The van der Waals surface area contributed by atoms with Gasteiger partial charge in [-0.2, -0.15) is 0 Å². The number of nitrogens with zero attached hydrogens (tertiary/aromatic N) is 2. The molecule has 0 N–H and O–H groups in total. The minimum absolute atomic E-state index is 0.0443. The maximum absolute atomic E-state index is 12.6. The zero-order valence-electron chi connectivity index (χ0n) is 12.8. The van der Waals surface area contributed by atoms with Crippen molar-refractivity contribution in [2.24, 2.45) is 0 Å². The number of hydrogen-bond donors (Lipinski definition) is 0. The van der Waals surface area contributed by atoms with Crippen molar-refractivity contribution in [3.05, 3.63) is 64.2 Å². The number of methoxy groups -OCH3 is 1. The summed E-state index contributed by atoms with van der Waals surface area (Å²) in [7, 11) is 1.53. The van der Waals surface area contributed by atoms with E-state index in [0.717, 1.165) is 4.90 Å². The molecule has 1 aliphatic heterocycles. The van der Waals surface area contributed by atoms with Crippen molar-refractivity contribution < 1.29 is 19.2 Å². The van der Waals surface area contributed by atoms with Crippen LogP contribution in [-0.4, -0.2) is 23.8 Å². The third-order valence-electron chi connectivity index (χ3n) is 3.98. The number of carbonyl (C=O) groups is 2. The molecule has 0 spiro atoms. The number of anilines is 1. The van der Waals surface area contributed by atoms with Gasteiger partial charge in [0.05, 0.1) is 23.6 Å². The molecule has 1 atom stereocenters. The van der Waals surface area contributed by atoms with Crippen LogP contribution in [0.15, 0.2) is 48.5 Å². The molecule has 2 aromatic rings. The summed E-state index contributed by atoms with van der Waals surface area (Å²) in [6.07, 6.45) is 0.0443. The molecule has 1 heterocycles. The van der Waals surface area contributed by atoms with E-state index in [-0.39, 0.29) is 23.9 Å². The summed E-state index contributed by atoms with van der Waals surface area (Å²) in [5, 5.41) is 10.7. The summed E-state index contributed by atoms with van der Waals surface area (Å²) in [5.41, 5.74) is 1.02. The van der Waals surface area contributed by atoms with Gasteiger partial charge in [0, 0.05) is 18.6 Å². The highest BCUT2D eigenvalue weighted by Gasteiger charge is 2.40. The van der Waals surface area contributed by atoms with Crippen LogP contribution in [0.1, 0.15) is 17.9 Å². The highest BCUT2D eigenvalue weighted by molar-refractivity contribution is 6.22. The Morgan fingerprint density at radius 3 is 2.25 bits per heavy atom. The first kappa shape index (κ1) is 15.7. The summed E-state index contributed by atoms with van der Waals surface area (Å²) in [6.45, 7) is 0. The third-order valence-corrected chi connectivity index (χ3v) is 3.98. The normalized spacial score (nSPS) is 17.2. The molecule has 1 fully saturated rings. The molecule has 2 aromatic carbocycles. The number of nitro groups is 1. The van der Waals surface area contributed by atoms with E-state index in [2.05, 4.69) is 0 Å². The fourth-order valence-electron chi connectivity index (χ4n) is 2.72. The molecule has 0 radical (unpaired) electrons. The topological polar surface area (TPSA) is 89.8 Å². The van der Waals surface area contributed by atoms with Gasteiger partial charge in [-0.05, 0) is 29.8 Å². The first-order chi connectivity index (χ1) is 11.5. The number of imide groups is 1. The fourth-order valence-corrected chi connectivity index (χ4v) is 2.72. The highest BCUT2D eigenvalue weighted by atomic mass is 16.6. The van der Waals surface area contributed by atoms with Crippen LogP contribution < -0.4 is 9.64 Å². The van der Waals surface area contributed by atoms with Gasteiger partial charge in [-0.15, -0.1) is 0 Å². The predicted molar refractivity (Wildman–Crippen MR) is 85.9 cm³/mol. The van der Waals surface area contributed by atoms with Gasteiger partial charge in [-0.3, -0.25) is 24.6 Å². The first-order valence-electron chi connectivity index (χ1n) is 7.26. The Kier molecular flexibility index (Phi) is 3.99. The van der Waals surface area contributed by atoms with Gasteiger partial charge in [-0.1, -0.05) is 12.1 Å². The zero-order chi connectivity index (χ0) is 17.3. The van der Waals surface area contributed by atoms with Crippen molar-refractivity contribution in [1.29, 1.82) is 0 Å². The van der Waals surface area contributed by atoms with Crippen LogP contribution in [0, 0.1) is 10.1 Å². The number of amides is 2. The van der Waals surface area contributed by atoms with Crippen LogP contribution in [0.5, 0.6) is 5.75 Å². The van der Waals surface area contributed by atoms with Crippen LogP contribution in [0.3, 0.4) is 0 Å². The molecule has 2 amide bonds. The average Bonchev–Trinajstić information content (AvgIpc) is 2.89. The number of rotatable bonds is 4. The number of carbonyl (C=O) groups excluding carboxylic acids is 2. The lowest BCUT2D eigenvalue weighted by Crippen LogP contribution is -2.29. The van der Waals surface area contributed by atoms with Crippen molar-refractivity contribution in [3.8, 4) is 5.75 Å². The molecular formula is C17H14N2O5. The maximum atomic E-state index is 12.6. The zero-order valence-corrected chi connectivity index (χ0v) is 12.8. The summed E-state index contributed by atoms with van der Waals surface area (Å²) in [6, 6.07) is 12.4. The lowest BCUT2D eigenvalue weighted by atomic mass is 9.97. The summed E-state index contributed by atoms with van der Waals surface area (Å²) < 4.78 is 5.06. The second-order valence-corrected chi connectivity index (χ2v) is 5.37. The van der Waals surface area contributed by atoms with Crippen molar-refractivity contribution in [3.63, 3.8) is 0 Å². The lowest BCUT2D eigenvalue weighted by molar-refractivity contribution is -0.384. The van der Waals surface area contributed by atoms with Crippen molar-refractivity contribution in [2.75, 3.05) is 12.0 Å². The number of benzene rings is 2. The van der Waals surface area contributed by atoms with Crippen LogP contribution in [-0.2, 0) is 9.59 Å². The number of ether oxygens (including phenoxy) is 1. The van der Waals surface area contributed by atoms with Crippen LogP contribution >= 0.6 is 0 Å². The Hall–Kier alpha value is -3.22. The van der Waals surface area contributed by atoms with E-state index in [4.69, 9.17) is 4.74 Å². The molecule has 24 heavy (non-hydrogen) atoms. The first-order valence-corrected chi connectivity index (χ1v) is 7.26. The van der Waals surface area contributed by atoms with Crippen molar-refractivity contribution in [2.45, 2.75) is 12.3 Å². The second-order valence-electron chi connectivity index (χ2n) is 5.37. The molecule has 3 rings (SSSR count). The fraction of sp³-hybridized carbons (Fsp3) is 0.176. The molecule has 0 bridgehead atoms. The van der Waals surface area contributed by atoms with Gasteiger partial charge in [0.15, 0.2) is 0 Å². The minimum Gasteiger partial charge on any atom is -0.497 e. The van der Waals surface area contributed by atoms with Gasteiger partial charge < -0.3 is 4.74 Å². The lowest BCUT2D eigenvalue weighted by Gasteiger charge is -2.15. The maximum Gasteiger partial charge on any atom is 0.269 e. The molecule has 7 nitrogen and oxygen atoms in total. The van der Waals surface area contributed by atoms with Crippen LogP contribution in [0.25, 0.3) is 0 Å². The smallest absolute Gasteiger partial charge is 0.269 e. The third kappa shape index (κ3) is 2.71.